The van der Waals surface area contributed by atoms with Gasteiger partial charge in [-0.15, -0.1) is 0 Å². The minimum absolute atomic E-state index is 0.646. The third kappa shape index (κ3) is 3.71. The third-order valence-corrected chi connectivity index (χ3v) is 8.56. The van der Waals surface area contributed by atoms with Gasteiger partial charge in [-0.1, -0.05) is 12.1 Å². The first kappa shape index (κ1) is 24.1. The number of rotatable bonds is 3. The van der Waals surface area contributed by atoms with Gasteiger partial charge in [-0.25, -0.2) is 9.97 Å². The maximum atomic E-state index is 6.24. The van der Waals surface area contributed by atoms with Crippen LogP contribution in [0.1, 0.15) is 0 Å². The molecule has 0 aliphatic carbocycles. The molecule has 7 heteroatoms. The summed E-state index contributed by atoms with van der Waals surface area (Å²) in [7, 11) is 0. The van der Waals surface area contributed by atoms with Gasteiger partial charge >= 0.3 is 0 Å². The number of hydrogen-bond acceptors (Lipinski definition) is 7. The zero-order valence-electron chi connectivity index (χ0n) is 23.6. The molecule has 0 spiro atoms. The molecule has 0 atom stereocenters. The Morgan fingerprint density at radius 1 is 0.378 bits per heavy atom. The molecule has 0 saturated heterocycles. The fraction of sp³-hybridized carbons (Fsp3) is 0. The molecule has 0 aliphatic heterocycles. The lowest BCUT2D eigenvalue weighted by Gasteiger charge is -2.05. The summed E-state index contributed by atoms with van der Waals surface area (Å²) in [6.07, 6.45) is 8.88. The molecule has 0 radical (unpaired) electrons. The number of hydrogen-bond donors (Lipinski definition) is 0. The van der Waals surface area contributed by atoms with Gasteiger partial charge in [-0.05, 0) is 90.0 Å². The van der Waals surface area contributed by atoms with Crippen LogP contribution in [-0.2, 0) is 0 Å². The molecule has 6 aromatic heterocycles. The SMILES string of the molecule is c1cc2c(cn1)oc1ccc(-c3ccc4oc5ccc(-c6nccc(-c7ccc8oc9cnccc9c8c7)n6)cc5c4c3)cc12. The van der Waals surface area contributed by atoms with Crippen molar-refractivity contribution in [1.29, 1.82) is 0 Å². The van der Waals surface area contributed by atoms with Crippen molar-refractivity contribution in [2.75, 3.05) is 0 Å². The molecule has 10 rings (SSSR count). The smallest absolute Gasteiger partial charge is 0.159 e. The summed E-state index contributed by atoms with van der Waals surface area (Å²) in [5.74, 6) is 0.646. The molecular formula is C38H20N4O3. The van der Waals surface area contributed by atoms with E-state index >= 15 is 0 Å². The third-order valence-electron chi connectivity index (χ3n) is 8.56. The Hall–Kier alpha value is -6.34. The number of aromatic nitrogens is 4. The Bertz CT molecular complexity index is 2790. The first-order valence-corrected chi connectivity index (χ1v) is 14.6. The summed E-state index contributed by atoms with van der Waals surface area (Å²) in [4.78, 5) is 18.0. The summed E-state index contributed by atoms with van der Waals surface area (Å²) in [6.45, 7) is 0. The van der Waals surface area contributed by atoms with Gasteiger partial charge in [0, 0.05) is 62.0 Å². The van der Waals surface area contributed by atoms with Gasteiger partial charge in [0.05, 0.1) is 18.1 Å². The van der Waals surface area contributed by atoms with Crippen molar-refractivity contribution in [3.05, 3.63) is 122 Å². The molecule has 210 valence electrons. The van der Waals surface area contributed by atoms with E-state index in [1.807, 2.05) is 54.6 Å². The van der Waals surface area contributed by atoms with Crippen molar-refractivity contribution in [3.63, 3.8) is 0 Å². The highest BCUT2D eigenvalue weighted by molar-refractivity contribution is 6.09. The van der Waals surface area contributed by atoms with Crippen LogP contribution in [0, 0.1) is 0 Å². The maximum Gasteiger partial charge on any atom is 0.159 e. The van der Waals surface area contributed by atoms with Crippen LogP contribution in [0.4, 0.5) is 0 Å². The Morgan fingerprint density at radius 3 is 1.44 bits per heavy atom. The summed E-state index contributed by atoms with van der Waals surface area (Å²) in [5.41, 5.74) is 9.81. The highest BCUT2D eigenvalue weighted by Crippen LogP contribution is 2.37. The molecule has 0 amide bonds. The summed E-state index contributed by atoms with van der Waals surface area (Å²) < 4.78 is 18.2. The van der Waals surface area contributed by atoms with Crippen molar-refractivity contribution < 1.29 is 13.3 Å². The standard InChI is InChI=1S/C38H20N4O3/c1-5-32-27(25-9-12-39-19-36(25)44-32)15-21(1)22-2-6-34-29(16-22)30-18-24(4-8-35(30)43-34)38-41-14-11-31(42-38)23-3-7-33-28(17-23)26-10-13-40-20-37(26)45-33/h1-20H. The molecular weight excluding hydrogens is 560 g/mol. The Labute approximate surface area is 254 Å². The minimum atomic E-state index is 0.646. The van der Waals surface area contributed by atoms with Crippen molar-refractivity contribution in [1.82, 2.24) is 19.9 Å². The predicted molar refractivity (Wildman–Crippen MR) is 176 cm³/mol. The van der Waals surface area contributed by atoms with Crippen molar-refractivity contribution >= 4 is 65.8 Å². The van der Waals surface area contributed by atoms with E-state index in [0.717, 1.165) is 93.8 Å². The molecule has 0 N–H and O–H groups in total. The number of benzene rings is 4. The molecule has 0 saturated carbocycles. The summed E-state index contributed by atoms with van der Waals surface area (Å²) in [6, 6.07) is 30.8. The second-order valence-electron chi connectivity index (χ2n) is 11.2. The molecule has 0 unspecified atom stereocenters. The number of nitrogens with zero attached hydrogens (tertiary/aromatic N) is 4. The zero-order chi connectivity index (χ0) is 29.5. The lowest BCUT2D eigenvalue weighted by Crippen LogP contribution is -1.91. The van der Waals surface area contributed by atoms with Gasteiger partial charge in [0.2, 0.25) is 0 Å². The van der Waals surface area contributed by atoms with Gasteiger partial charge in [0.1, 0.15) is 22.3 Å². The molecule has 6 heterocycles. The van der Waals surface area contributed by atoms with Gasteiger partial charge in [-0.2, -0.15) is 0 Å². The van der Waals surface area contributed by atoms with Crippen molar-refractivity contribution in [3.8, 4) is 33.8 Å². The first-order chi connectivity index (χ1) is 22.2. The van der Waals surface area contributed by atoms with E-state index in [1.165, 1.54) is 0 Å². The van der Waals surface area contributed by atoms with E-state index in [4.69, 9.17) is 18.2 Å². The first-order valence-electron chi connectivity index (χ1n) is 14.6. The van der Waals surface area contributed by atoms with Crippen LogP contribution in [0.15, 0.2) is 135 Å². The maximum absolute atomic E-state index is 6.24. The van der Waals surface area contributed by atoms with Gasteiger partial charge in [0.25, 0.3) is 0 Å². The van der Waals surface area contributed by atoms with Gasteiger partial charge in [-0.3, -0.25) is 9.97 Å². The normalized spacial score (nSPS) is 12.0. The van der Waals surface area contributed by atoms with Gasteiger partial charge in [0.15, 0.2) is 17.0 Å². The largest absolute Gasteiger partial charge is 0.456 e. The lowest BCUT2D eigenvalue weighted by molar-refractivity contribution is 0.666. The topological polar surface area (TPSA) is 91.0 Å². The molecule has 0 bridgehead atoms. The highest BCUT2D eigenvalue weighted by Gasteiger charge is 2.14. The van der Waals surface area contributed by atoms with E-state index in [-0.39, 0.29) is 0 Å². The Morgan fingerprint density at radius 2 is 0.844 bits per heavy atom. The molecule has 0 aliphatic rings. The fourth-order valence-electron chi connectivity index (χ4n) is 6.36. The Kier molecular flexibility index (Phi) is 4.87. The van der Waals surface area contributed by atoms with E-state index in [9.17, 15) is 0 Å². The summed E-state index contributed by atoms with van der Waals surface area (Å²) >= 11 is 0. The molecule has 45 heavy (non-hydrogen) atoms. The minimum Gasteiger partial charge on any atom is -0.456 e. The van der Waals surface area contributed by atoms with Crippen LogP contribution in [0.25, 0.3) is 99.6 Å². The van der Waals surface area contributed by atoms with E-state index in [2.05, 4.69) is 51.4 Å². The average Bonchev–Trinajstić information content (AvgIpc) is 3.78. The number of furan rings is 3. The fourth-order valence-corrected chi connectivity index (χ4v) is 6.36. The molecule has 7 nitrogen and oxygen atoms in total. The molecule has 4 aromatic carbocycles. The van der Waals surface area contributed by atoms with E-state index in [1.54, 1.807) is 31.0 Å². The predicted octanol–water partition coefficient (Wildman–Crippen LogP) is 9.97. The number of fused-ring (bicyclic) bond motifs is 9. The average molecular weight is 581 g/mol. The quantitative estimate of drug-likeness (QED) is 0.205. The lowest BCUT2D eigenvalue weighted by atomic mass is 10.0. The van der Waals surface area contributed by atoms with Crippen LogP contribution in [0.5, 0.6) is 0 Å². The second-order valence-corrected chi connectivity index (χ2v) is 11.2. The summed E-state index contributed by atoms with van der Waals surface area (Å²) in [5, 5.41) is 6.23. The molecule has 10 aromatic rings. The zero-order valence-corrected chi connectivity index (χ0v) is 23.6. The van der Waals surface area contributed by atoms with Gasteiger partial charge < -0.3 is 13.3 Å². The molecule has 0 fully saturated rings. The van der Waals surface area contributed by atoms with E-state index in [0.29, 0.717) is 5.82 Å². The van der Waals surface area contributed by atoms with Crippen LogP contribution >= 0.6 is 0 Å². The van der Waals surface area contributed by atoms with Crippen molar-refractivity contribution in [2.24, 2.45) is 0 Å². The second kappa shape index (κ2) is 9.08. The van der Waals surface area contributed by atoms with Crippen LogP contribution in [0.3, 0.4) is 0 Å². The highest BCUT2D eigenvalue weighted by atomic mass is 16.3. The van der Waals surface area contributed by atoms with Crippen LogP contribution in [0.2, 0.25) is 0 Å². The monoisotopic (exact) mass is 580 g/mol. The Balaban J connectivity index is 1.07. The number of pyridine rings is 2. The van der Waals surface area contributed by atoms with Crippen LogP contribution in [-0.4, -0.2) is 19.9 Å². The van der Waals surface area contributed by atoms with Crippen molar-refractivity contribution in [2.45, 2.75) is 0 Å². The van der Waals surface area contributed by atoms with Crippen LogP contribution < -0.4 is 0 Å². The van der Waals surface area contributed by atoms with E-state index < -0.39 is 0 Å².